The fourth-order valence-corrected chi connectivity index (χ4v) is 3.72. The van der Waals surface area contributed by atoms with Crippen molar-refractivity contribution >= 4 is 23.2 Å². The molecule has 0 spiro atoms. The first-order chi connectivity index (χ1) is 13.6. The summed E-state index contributed by atoms with van der Waals surface area (Å²) < 4.78 is 5.25. The third-order valence-corrected chi connectivity index (χ3v) is 5.33. The topological polar surface area (TPSA) is 79.6 Å². The summed E-state index contributed by atoms with van der Waals surface area (Å²) in [6.45, 7) is 4.46. The molecule has 2 aromatic carbocycles. The van der Waals surface area contributed by atoms with Gasteiger partial charge in [-0.15, -0.1) is 0 Å². The summed E-state index contributed by atoms with van der Waals surface area (Å²) in [5.41, 5.74) is 7.88. The van der Waals surface area contributed by atoms with Crippen molar-refractivity contribution in [1.82, 2.24) is 15.5 Å². The van der Waals surface area contributed by atoms with Crippen LogP contribution in [0.4, 0.5) is 5.69 Å². The summed E-state index contributed by atoms with van der Waals surface area (Å²) in [5, 5.41) is 6.75. The van der Waals surface area contributed by atoms with Gasteiger partial charge in [-0.05, 0) is 24.1 Å². The number of amides is 1. The molecule has 7 heteroatoms. The number of benzene rings is 2. The third kappa shape index (κ3) is 5.16. The zero-order chi connectivity index (χ0) is 19.9. The lowest BCUT2D eigenvalue weighted by Crippen LogP contribution is -2.51. The molecular formula is C21H27ClN4O2. The van der Waals surface area contributed by atoms with Crippen LogP contribution in [0.3, 0.4) is 0 Å². The number of piperazine rings is 1. The number of rotatable bonds is 7. The lowest BCUT2D eigenvalue weighted by molar-refractivity contribution is 0.0946. The number of methoxy groups -OCH3 is 1. The lowest BCUT2D eigenvalue weighted by Gasteiger charge is -2.33. The van der Waals surface area contributed by atoms with Crippen molar-refractivity contribution < 1.29 is 9.53 Å². The average Bonchev–Trinajstić information content (AvgIpc) is 2.71. The summed E-state index contributed by atoms with van der Waals surface area (Å²) in [4.78, 5) is 15.0. The maximum Gasteiger partial charge on any atom is 0.255 e. The zero-order valence-electron chi connectivity index (χ0n) is 16.1. The Balaban J connectivity index is 1.49. The van der Waals surface area contributed by atoms with Gasteiger partial charge in [-0.1, -0.05) is 41.9 Å². The monoisotopic (exact) mass is 402 g/mol. The quantitative estimate of drug-likeness (QED) is 0.620. The fraction of sp³-hybridized carbons (Fsp3) is 0.381. The predicted molar refractivity (Wildman–Crippen MR) is 113 cm³/mol. The Morgan fingerprint density at radius 3 is 2.86 bits per heavy atom. The molecule has 6 nitrogen and oxygen atoms in total. The van der Waals surface area contributed by atoms with Gasteiger partial charge in [0.15, 0.2) is 5.75 Å². The Morgan fingerprint density at radius 1 is 1.32 bits per heavy atom. The van der Waals surface area contributed by atoms with E-state index in [1.807, 2.05) is 6.07 Å². The molecule has 0 aromatic heterocycles. The van der Waals surface area contributed by atoms with Crippen LogP contribution in [-0.4, -0.2) is 50.1 Å². The van der Waals surface area contributed by atoms with Crippen LogP contribution in [0, 0.1) is 0 Å². The van der Waals surface area contributed by atoms with Crippen LogP contribution in [0.2, 0.25) is 5.02 Å². The number of halogens is 1. The molecule has 0 bridgehead atoms. The first-order valence-electron chi connectivity index (χ1n) is 9.48. The smallest absolute Gasteiger partial charge is 0.255 e. The maximum atomic E-state index is 12.5. The molecule has 0 aliphatic carbocycles. The van der Waals surface area contributed by atoms with E-state index in [0.717, 1.165) is 32.6 Å². The summed E-state index contributed by atoms with van der Waals surface area (Å²) in [5.74, 6) is 0.0969. The second kappa shape index (κ2) is 9.78. The molecule has 1 aliphatic heterocycles. The van der Waals surface area contributed by atoms with Gasteiger partial charge in [0.1, 0.15) is 5.02 Å². The van der Waals surface area contributed by atoms with Gasteiger partial charge >= 0.3 is 0 Å². The number of carbonyl (C=O) groups excluding carboxylic acids is 1. The first-order valence-corrected chi connectivity index (χ1v) is 9.86. The second-order valence-corrected chi connectivity index (χ2v) is 7.34. The number of nitrogens with two attached hydrogens (primary N) is 1. The van der Waals surface area contributed by atoms with Crippen molar-refractivity contribution in [3.05, 3.63) is 58.6 Å². The average molecular weight is 403 g/mol. The molecule has 150 valence electrons. The van der Waals surface area contributed by atoms with Gasteiger partial charge in [0, 0.05) is 38.8 Å². The number of hydrogen-bond acceptors (Lipinski definition) is 5. The lowest BCUT2D eigenvalue weighted by atomic mass is 10.1. The molecule has 0 saturated carbocycles. The predicted octanol–water partition coefficient (Wildman–Crippen LogP) is 2.52. The highest BCUT2D eigenvalue weighted by Gasteiger charge is 2.20. The highest BCUT2D eigenvalue weighted by molar-refractivity contribution is 6.35. The zero-order valence-corrected chi connectivity index (χ0v) is 16.8. The Hall–Kier alpha value is -2.28. The molecule has 0 radical (unpaired) electrons. The number of nitrogens with one attached hydrogen (secondary N) is 2. The third-order valence-electron chi connectivity index (χ3n) is 4.94. The molecule has 4 N–H and O–H groups in total. The number of ether oxygens (including phenoxy) is 1. The number of hydrogen-bond donors (Lipinski definition) is 3. The SMILES string of the molecule is COc1c(C(=O)NCCC2CN(Cc3ccccc3)CCN2)ccc(N)c1Cl. The Kier molecular flexibility index (Phi) is 7.14. The van der Waals surface area contributed by atoms with E-state index in [1.165, 1.54) is 12.7 Å². The molecule has 2 aromatic rings. The minimum Gasteiger partial charge on any atom is -0.494 e. The molecule has 1 saturated heterocycles. The molecular weight excluding hydrogens is 376 g/mol. The normalized spacial score (nSPS) is 17.3. The summed E-state index contributed by atoms with van der Waals surface area (Å²) in [6, 6.07) is 14.1. The Bertz CT molecular complexity index is 800. The Labute approximate surface area is 171 Å². The largest absolute Gasteiger partial charge is 0.494 e. The molecule has 3 rings (SSSR count). The van der Waals surface area contributed by atoms with Crippen LogP contribution >= 0.6 is 11.6 Å². The standard InChI is InChI=1S/C21H27ClN4O2/c1-28-20-17(7-8-18(23)19(20)22)21(27)25-10-9-16-14-26(12-11-24-16)13-15-5-3-2-4-6-15/h2-8,16,24H,9-14,23H2,1H3,(H,25,27). The first kappa shape index (κ1) is 20.5. The number of nitrogen functional groups attached to an aromatic ring is 1. The molecule has 1 unspecified atom stereocenters. The van der Waals surface area contributed by atoms with E-state index in [0.29, 0.717) is 29.6 Å². The van der Waals surface area contributed by atoms with Crippen LogP contribution in [0.15, 0.2) is 42.5 Å². The van der Waals surface area contributed by atoms with E-state index < -0.39 is 0 Å². The Morgan fingerprint density at radius 2 is 2.11 bits per heavy atom. The van der Waals surface area contributed by atoms with Gasteiger partial charge in [-0.2, -0.15) is 0 Å². The number of carbonyl (C=O) groups is 1. The minimum atomic E-state index is -0.212. The maximum absolute atomic E-state index is 12.5. The highest BCUT2D eigenvalue weighted by atomic mass is 35.5. The van der Waals surface area contributed by atoms with Gasteiger partial charge < -0.3 is 21.1 Å². The van der Waals surface area contributed by atoms with Gasteiger partial charge in [-0.25, -0.2) is 0 Å². The summed E-state index contributed by atoms with van der Waals surface area (Å²) >= 11 is 6.14. The highest BCUT2D eigenvalue weighted by Crippen LogP contribution is 2.33. The molecule has 1 amide bonds. The van der Waals surface area contributed by atoms with Crippen LogP contribution in [0.5, 0.6) is 5.75 Å². The fourth-order valence-electron chi connectivity index (χ4n) is 3.48. The molecule has 1 atom stereocenters. The van der Waals surface area contributed by atoms with E-state index in [9.17, 15) is 4.79 Å². The van der Waals surface area contributed by atoms with Crippen LogP contribution < -0.4 is 21.1 Å². The van der Waals surface area contributed by atoms with Crippen LogP contribution in [0.1, 0.15) is 22.3 Å². The van der Waals surface area contributed by atoms with Crippen molar-refractivity contribution in [2.75, 3.05) is 39.0 Å². The van der Waals surface area contributed by atoms with Gasteiger partial charge in [0.05, 0.1) is 18.4 Å². The summed E-state index contributed by atoms with van der Waals surface area (Å²) in [7, 11) is 1.48. The van der Waals surface area contributed by atoms with Crippen LogP contribution in [0.25, 0.3) is 0 Å². The van der Waals surface area contributed by atoms with Crippen molar-refractivity contribution in [1.29, 1.82) is 0 Å². The van der Waals surface area contributed by atoms with E-state index in [1.54, 1.807) is 12.1 Å². The number of nitrogens with zero attached hydrogens (tertiary/aromatic N) is 1. The van der Waals surface area contributed by atoms with Gasteiger partial charge in [-0.3, -0.25) is 9.69 Å². The van der Waals surface area contributed by atoms with E-state index in [-0.39, 0.29) is 10.9 Å². The number of anilines is 1. The van der Waals surface area contributed by atoms with E-state index in [4.69, 9.17) is 22.1 Å². The second-order valence-electron chi connectivity index (χ2n) is 6.97. The van der Waals surface area contributed by atoms with Crippen molar-refractivity contribution in [2.24, 2.45) is 0 Å². The van der Waals surface area contributed by atoms with Gasteiger partial charge in [0.25, 0.3) is 5.91 Å². The van der Waals surface area contributed by atoms with E-state index in [2.05, 4.69) is 39.8 Å². The van der Waals surface area contributed by atoms with Crippen LogP contribution in [-0.2, 0) is 6.54 Å². The van der Waals surface area contributed by atoms with Crippen molar-refractivity contribution in [3.63, 3.8) is 0 Å². The molecule has 28 heavy (non-hydrogen) atoms. The minimum absolute atomic E-state index is 0.212. The van der Waals surface area contributed by atoms with Crippen molar-refractivity contribution in [2.45, 2.75) is 19.0 Å². The molecule has 1 aliphatic rings. The van der Waals surface area contributed by atoms with Crippen molar-refractivity contribution in [3.8, 4) is 5.75 Å². The van der Waals surface area contributed by atoms with E-state index >= 15 is 0 Å². The van der Waals surface area contributed by atoms with Gasteiger partial charge in [0.2, 0.25) is 0 Å². The molecule has 1 fully saturated rings. The molecule has 1 heterocycles. The summed E-state index contributed by atoms with van der Waals surface area (Å²) in [6.07, 6.45) is 0.849.